The Morgan fingerprint density at radius 3 is 2.21 bits per heavy atom. The first kappa shape index (κ1) is 27.6. The Balaban J connectivity index is 1.38. The second kappa shape index (κ2) is 9.87. The van der Waals surface area contributed by atoms with E-state index in [9.17, 15) is 28.3 Å². The number of rotatable bonds is 3. The molecule has 2 amide bonds. The number of aromatic hydroxyl groups is 1. The molecular weight excluding hydrogens is 574 g/mol. The first-order valence-corrected chi connectivity index (χ1v) is 13.8. The lowest BCUT2D eigenvalue weighted by atomic mass is 9.66. The molecule has 10 heteroatoms. The second-order valence-electron chi connectivity index (χ2n) is 11.2. The van der Waals surface area contributed by atoms with Gasteiger partial charge in [-0.15, -0.1) is 0 Å². The maximum atomic E-state index is 14.4. The first-order chi connectivity index (χ1) is 18.4. The maximum Gasteiger partial charge on any atom is 0.313 e. The van der Waals surface area contributed by atoms with Crippen LogP contribution in [-0.2, 0) is 9.53 Å². The Morgan fingerprint density at radius 2 is 1.59 bits per heavy atom. The molecule has 1 spiro atoms. The van der Waals surface area contributed by atoms with Gasteiger partial charge in [0.15, 0.2) is 0 Å². The zero-order valence-electron chi connectivity index (χ0n) is 22.2. The van der Waals surface area contributed by atoms with Crippen molar-refractivity contribution in [1.29, 1.82) is 0 Å². The SMILES string of the molecule is COC(=O)C12CCC3(CCN(C(=O)c4cc(Br)c(F)cc4F)CC3)[C@@H]1CN(C(=O)c1cc(C)c(O)c(C)c1)C2. The second-order valence-corrected chi connectivity index (χ2v) is 12.1. The van der Waals surface area contributed by atoms with Gasteiger partial charge in [0.2, 0.25) is 0 Å². The number of fused-ring (bicyclic) bond motifs is 2. The molecule has 0 radical (unpaired) electrons. The van der Waals surface area contributed by atoms with Gasteiger partial charge in [-0.2, -0.15) is 0 Å². The molecule has 2 aromatic rings. The molecule has 3 aliphatic rings. The number of hydrogen-bond donors (Lipinski definition) is 1. The van der Waals surface area contributed by atoms with E-state index in [0.29, 0.717) is 61.7 Å². The molecule has 0 aromatic heterocycles. The Morgan fingerprint density at radius 1 is 0.949 bits per heavy atom. The lowest BCUT2D eigenvalue weighted by Crippen LogP contribution is -2.48. The van der Waals surface area contributed by atoms with Crippen molar-refractivity contribution in [3.8, 4) is 5.75 Å². The molecule has 1 N–H and O–H groups in total. The fourth-order valence-corrected chi connectivity index (χ4v) is 7.47. The van der Waals surface area contributed by atoms with Crippen molar-refractivity contribution >= 4 is 33.7 Å². The van der Waals surface area contributed by atoms with Crippen LogP contribution in [0.15, 0.2) is 28.7 Å². The molecule has 1 aliphatic carbocycles. The number of aryl methyl sites for hydroxylation is 2. The minimum absolute atomic E-state index is 0.0223. The van der Waals surface area contributed by atoms with Crippen LogP contribution in [0.5, 0.6) is 5.75 Å². The van der Waals surface area contributed by atoms with Crippen LogP contribution in [0, 0.1) is 42.2 Å². The standard InChI is InChI=1S/C29H31BrF2N2O5/c1-16-10-18(11-17(2)24(16)35)25(36)34-14-23-28(4-5-29(23,15-34)27(38)39-3)6-8-33(9-7-28)26(37)19-12-20(30)22(32)13-21(19)31/h10-13,23,35H,4-9,14-15H2,1-3H3/t23-,29?/m0/s1. The molecule has 2 aliphatic heterocycles. The van der Waals surface area contributed by atoms with E-state index in [1.54, 1.807) is 35.8 Å². The van der Waals surface area contributed by atoms with Gasteiger partial charge in [0, 0.05) is 43.7 Å². The number of ether oxygens (including phenoxy) is 1. The van der Waals surface area contributed by atoms with E-state index >= 15 is 0 Å². The number of phenolic OH excluding ortho intramolecular Hbond substituents is 1. The highest BCUT2D eigenvalue weighted by Gasteiger charge is 2.65. The molecule has 39 heavy (non-hydrogen) atoms. The number of halogens is 3. The highest BCUT2D eigenvalue weighted by molar-refractivity contribution is 9.10. The number of hydrogen-bond acceptors (Lipinski definition) is 5. The minimum atomic E-state index is -0.906. The minimum Gasteiger partial charge on any atom is -0.507 e. The summed E-state index contributed by atoms with van der Waals surface area (Å²) in [5.41, 5.74) is 0.391. The van der Waals surface area contributed by atoms with Crippen molar-refractivity contribution < 1.29 is 33.0 Å². The molecule has 3 fully saturated rings. The topological polar surface area (TPSA) is 87.2 Å². The molecule has 2 saturated heterocycles. The predicted molar refractivity (Wildman–Crippen MR) is 142 cm³/mol. The number of carbonyl (C=O) groups is 3. The third-order valence-electron chi connectivity index (χ3n) is 9.26. The van der Waals surface area contributed by atoms with Crippen molar-refractivity contribution in [3.63, 3.8) is 0 Å². The molecule has 1 saturated carbocycles. The Bertz CT molecular complexity index is 1350. The Kier molecular flexibility index (Phi) is 6.97. The highest BCUT2D eigenvalue weighted by Crippen LogP contribution is 2.62. The summed E-state index contributed by atoms with van der Waals surface area (Å²) in [6.45, 7) is 4.86. The van der Waals surface area contributed by atoms with Gasteiger partial charge >= 0.3 is 5.97 Å². The summed E-state index contributed by atoms with van der Waals surface area (Å²) >= 11 is 3.02. The smallest absolute Gasteiger partial charge is 0.313 e. The fourth-order valence-electron chi connectivity index (χ4n) is 7.13. The predicted octanol–water partition coefficient (Wildman–Crippen LogP) is 5.00. The van der Waals surface area contributed by atoms with E-state index in [0.717, 1.165) is 6.42 Å². The molecule has 2 aromatic carbocycles. The van der Waals surface area contributed by atoms with Gasteiger partial charge in [-0.3, -0.25) is 14.4 Å². The maximum absolute atomic E-state index is 14.4. The van der Waals surface area contributed by atoms with Crippen molar-refractivity contribution in [1.82, 2.24) is 9.80 Å². The number of phenols is 1. The van der Waals surface area contributed by atoms with Crippen LogP contribution in [0.25, 0.3) is 0 Å². The van der Waals surface area contributed by atoms with Crippen LogP contribution in [0.3, 0.4) is 0 Å². The largest absolute Gasteiger partial charge is 0.507 e. The summed E-state index contributed by atoms with van der Waals surface area (Å²) in [7, 11) is 1.37. The summed E-state index contributed by atoms with van der Waals surface area (Å²) in [4.78, 5) is 43.2. The molecule has 2 heterocycles. The summed E-state index contributed by atoms with van der Waals surface area (Å²) in [6.07, 6.45) is 2.55. The van der Waals surface area contributed by atoms with Crippen LogP contribution in [-0.4, -0.2) is 66.0 Å². The van der Waals surface area contributed by atoms with E-state index < -0.39 is 23.0 Å². The van der Waals surface area contributed by atoms with Gasteiger partial charge < -0.3 is 19.6 Å². The van der Waals surface area contributed by atoms with Gasteiger partial charge in [-0.25, -0.2) is 8.78 Å². The number of methoxy groups -OCH3 is 1. The Hall–Kier alpha value is -3.01. The van der Waals surface area contributed by atoms with Crippen LogP contribution in [0.4, 0.5) is 8.78 Å². The average molecular weight is 605 g/mol. The number of amides is 2. The highest BCUT2D eigenvalue weighted by atomic mass is 79.9. The zero-order chi connectivity index (χ0) is 28.3. The van der Waals surface area contributed by atoms with E-state index in [4.69, 9.17) is 4.74 Å². The van der Waals surface area contributed by atoms with E-state index in [1.165, 1.54) is 13.2 Å². The summed E-state index contributed by atoms with van der Waals surface area (Å²) < 4.78 is 33.4. The van der Waals surface area contributed by atoms with Crippen LogP contribution < -0.4 is 0 Å². The summed E-state index contributed by atoms with van der Waals surface area (Å²) in [5.74, 6) is -2.69. The summed E-state index contributed by atoms with van der Waals surface area (Å²) in [5, 5.41) is 10.1. The van der Waals surface area contributed by atoms with Gasteiger partial charge in [-0.1, -0.05) is 0 Å². The number of likely N-dealkylation sites (tertiary alicyclic amines) is 2. The average Bonchev–Trinajstić information content (AvgIpc) is 3.45. The molecule has 1 unspecified atom stereocenters. The zero-order valence-corrected chi connectivity index (χ0v) is 23.7. The summed E-state index contributed by atoms with van der Waals surface area (Å²) in [6, 6.07) is 5.20. The number of esters is 1. The van der Waals surface area contributed by atoms with E-state index in [-0.39, 0.29) is 45.5 Å². The van der Waals surface area contributed by atoms with Crippen LogP contribution in [0.2, 0.25) is 0 Å². The number of nitrogens with zero attached hydrogens (tertiary/aromatic N) is 2. The van der Waals surface area contributed by atoms with Crippen molar-refractivity contribution in [2.45, 2.75) is 39.5 Å². The third-order valence-corrected chi connectivity index (χ3v) is 9.86. The molecule has 5 rings (SSSR count). The van der Waals surface area contributed by atoms with Gasteiger partial charge in [0.25, 0.3) is 11.8 Å². The van der Waals surface area contributed by atoms with E-state index in [2.05, 4.69) is 15.9 Å². The number of carbonyl (C=O) groups excluding carboxylic acids is 3. The lowest BCUT2D eigenvalue weighted by Gasteiger charge is -2.44. The fraction of sp³-hybridized carbons (Fsp3) is 0.483. The Labute approximate surface area is 234 Å². The first-order valence-electron chi connectivity index (χ1n) is 13.0. The van der Waals surface area contributed by atoms with Crippen molar-refractivity contribution in [3.05, 3.63) is 62.6 Å². The third kappa shape index (κ3) is 4.40. The monoisotopic (exact) mass is 604 g/mol. The molecule has 208 valence electrons. The lowest BCUT2D eigenvalue weighted by molar-refractivity contribution is -0.154. The van der Waals surface area contributed by atoms with Crippen molar-refractivity contribution in [2.75, 3.05) is 33.3 Å². The molecule has 0 bridgehead atoms. The van der Waals surface area contributed by atoms with Gasteiger partial charge in [0.1, 0.15) is 17.4 Å². The number of piperidine rings is 1. The normalized spacial score (nSPS) is 23.7. The quantitative estimate of drug-likeness (QED) is 0.394. The van der Waals surface area contributed by atoms with E-state index in [1.807, 2.05) is 0 Å². The van der Waals surface area contributed by atoms with Crippen LogP contribution in [0.1, 0.15) is 57.5 Å². The van der Waals surface area contributed by atoms with Crippen molar-refractivity contribution in [2.24, 2.45) is 16.7 Å². The molecule has 2 atom stereocenters. The molecular formula is C29H31BrF2N2O5. The molecule has 7 nitrogen and oxygen atoms in total. The van der Waals surface area contributed by atoms with Crippen LogP contribution >= 0.6 is 15.9 Å². The number of benzene rings is 2. The van der Waals surface area contributed by atoms with Gasteiger partial charge in [-0.05, 0) is 90.2 Å². The van der Waals surface area contributed by atoms with Gasteiger partial charge in [0.05, 0.1) is 22.6 Å².